The summed E-state index contributed by atoms with van der Waals surface area (Å²) in [5, 5.41) is 8.70. The third-order valence-electron chi connectivity index (χ3n) is 3.77. The van der Waals surface area contributed by atoms with Crippen molar-refractivity contribution in [2.75, 3.05) is 12.0 Å². The van der Waals surface area contributed by atoms with Crippen molar-refractivity contribution in [2.24, 2.45) is 10.2 Å². The fourth-order valence-electron chi connectivity index (χ4n) is 2.68. The molecule has 6 nitrogen and oxygen atoms in total. The first-order valence-corrected chi connectivity index (χ1v) is 7.54. The van der Waals surface area contributed by atoms with E-state index in [-0.39, 0.29) is 0 Å². The molecule has 0 radical (unpaired) electrons. The van der Waals surface area contributed by atoms with Gasteiger partial charge in [0.05, 0.1) is 12.8 Å². The quantitative estimate of drug-likeness (QED) is 0.522. The molecular formula is C18H15N5O. The average Bonchev–Trinajstić information content (AvgIpc) is 2.78. The van der Waals surface area contributed by atoms with Crippen LogP contribution in [-0.2, 0) is 0 Å². The molecule has 0 saturated carbocycles. The van der Waals surface area contributed by atoms with Crippen LogP contribution in [-0.4, -0.2) is 17.1 Å². The van der Waals surface area contributed by atoms with Crippen molar-refractivity contribution in [3.8, 4) is 5.75 Å². The van der Waals surface area contributed by atoms with Crippen LogP contribution in [0.15, 0.2) is 65.1 Å². The van der Waals surface area contributed by atoms with Gasteiger partial charge in [0.15, 0.2) is 11.6 Å². The number of hydrogen-bond donors (Lipinski definition) is 0. The molecular weight excluding hydrogens is 302 g/mol. The van der Waals surface area contributed by atoms with Gasteiger partial charge in [0.2, 0.25) is 0 Å². The fraction of sp³-hybridized carbons (Fsp3) is 0.111. The first kappa shape index (κ1) is 14.3. The maximum atomic E-state index is 5.53. The second kappa shape index (κ2) is 5.73. The first-order chi connectivity index (χ1) is 11.8. The summed E-state index contributed by atoms with van der Waals surface area (Å²) >= 11 is 0. The Labute approximate surface area is 139 Å². The van der Waals surface area contributed by atoms with Gasteiger partial charge in [-0.15, -0.1) is 10.2 Å². The smallest absolute Gasteiger partial charge is 0.166 e. The molecule has 6 heteroatoms. The van der Waals surface area contributed by atoms with Gasteiger partial charge in [0, 0.05) is 12.4 Å². The molecule has 0 atom stereocenters. The third kappa shape index (κ3) is 2.28. The number of benzene rings is 1. The minimum atomic E-state index is 0.667. The lowest BCUT2D eigenvalue weighted by atomic mass is 10.2. The Morgan fingerprint density at radius 1 is 0.917 bits per heavy atom. The predicted molar refractivity (Wildman–Crippen MR) is 92.2 cm³/mol. The number of aromatic nitrogens is 2. The van der Waals surface area contributed by atoms with E-state index in [2.05, 4.69) is 20.2 Å². The topological polar surface area (TPSA) is 63.0 Å². The Kier molecular flexibility index (Phi) is 3.42. The summed E-state index contributed by atoms with van der Waals surface area (Å²) in [6.45, 7) is 1.98. The SMILES string of the molecule is COc1ccccc1N1c2ncccc2N=Nc2cc(C)cnc21. The Morgan fingerprint density at radius 3 is 2.58 bits per heavy atom. The van der Waals surface area contributed by atoms with Gasteiger partial charge >= 0.3 is 0 Å². The zero-order chi connectivity index (χ0) is 16.5. The normalized spacial score (nSPS) is 12.3. The Balaban J connectivity index is 2.03. The van der Waals surface area contributed by atoms with Crippen LogP contribution in [0.3, 0.4) is 0 Å². The highest BCUT2D eigenvalue weighted by atomic mass is 16.5. The summed E-state index contributed by atoms with van der Waals surface area (Å²) in [6, 6.07) is 13.4. The minimum absolute atomic E-state index is 0.667. The summed E-state index contributed by atoms with van der Waals surface area (Å²) in [7, 11) is 1.65. The van der Waals surface area contributed by atoms with E-state index >= 15 is 0 Å². The van der Waals surface area contributed by atoms with Crippen molar-refractivity contribution >= 4 is 28.7 Å². The van der Waals surface area contributed by atoms with Gasteiger partial charge in [0.25, 0.3) is 0 Å². The Bertz CT molecular complexity index is 938. The molecule has 0 bridgehead atoms. The summed E-state index contributed by atoms with van der Waals surface area (Å²) in [4.78, 5) is 11.0. The van der Waals surface area contributed by atoms with Crippen LogP contribution in [0.4, 0.5) is 28.7 Å². The fourth-order valence-corrected chi connectivity index (χ4v) is 2.68. The minimum Gasteiger partial charge on any atom is -0.495 e. The molecule has 0 N–H and O–H groups in total. The van der Waals surface area contributed by atoms with Crippen LogP contribution in [0.25, 0.3) is 0 Å². The summed E-state index contributed by atoms with van der Waals surface area (Å²) in [5.41, 5.74) is 3.23. The molecule has 0 spiro atoms. The van der Waals surface area contributed by atoms with Crippen LogP contribution < -0.4 is 9.64 Å². The maximum Gasteiger partial charge on any atom is 0.166 e. The van der Waals surface area contributed by atoms with Crippen LogP contribution in [0.1, 0.15) is 5.56 Å². The molecule has 0 amide bonds. The number of fused-ring (bicyclic) bond motifs is 2. The summed E-state index contributed by atoms with van der Waals surface area (Å²) < 4.78 is 5.53. The molecule has 3 heterocycles. The highest BCUT2D eigenvalue weighted by Gasteiger charge is 2.26. The van der Waals surface area contributed by atoms with E-state index in [1.807, 2.05) is 60.5 Å². The van der Waals surface area contributed by atoms with Gasteiger partial charge < -0.3 is 4.74 Å². The number of nitrogens with zero attached hydrogens (tertiary/aromatic N) is 5. The summed E-state index contributed by atoms with van der Waals surface area (Å²) in [6.07, 6.45) is 3.54. The van der Waals surface area contributed by atoms with Crippen molar-refractivity contribution in [1.29, 1.82) is 0 Å². The zero-order valence-electron chi connectivity index (χ0n) is 13.3. The number of ether oxygens (including phenoxy) is 1. The highest BCUT2D eigenvalue weighted by Crippen LogP contribution is 2.47. The van der Waals surface area contributed by atoms with Crippen LogP contribution in [0, 0.1) is 6.92 Å². The monoisotopic (exact) mass is 317 g/mol. The van der Waals surface area contributed by atoms with Crippen molar-refractivity contribution in [1.82, 2.24) is 9.97 Å². The Morgan fingerprint density at radius 2 is 1.71 bits per heavy atom. The molecule has 1 aromatic carbocycles. The molecule has 0 saturated heterocycles. The number of methoxy groups -OCH3 is 1. The molecule has 0 fully saturated rings. The molecule has 0 unspecified atom stereocenters. The average molecular weight is 317 g/mol. The molecule has 3 aromatic rings. The van der Waals surface area contributed by atoms with Gasteiger partial charge in [0.1, 0.15) is 17.1 Å². The predicted octanol–water partition coefficient (Wildman–Crippen LogP) is 4.99. The number of anilines is 3. The molecule has 4 rings (SSSR count). The largest absolute Gasteiger partial charge is 0.495 e. The van der Waals surface area contributed by atoms with Gasteiger partial charge in [-0.2, -0.15) is 0 Å². The molecule has 2 aromatic heterocycles. The molecule has 24 heavy (non-hydrogen) atoms. The second-order valence-corrected chi connectivity index (χ2v) is 5.41. The van der Waals surface area contributed by atoms with Gasteiger partial charge in [-0.25, -0.2) is 9.97 Å². The molecule has 1 aliphatic rings. The van der Waals surface area contributed by atoms with Gasteiger partial charge in [-0.05, 0) is 42.8 Å². The lowest BCUT2D eigenvalue weighted by Gasteiger charge is -2.25. The van der Waals surface area contributed by atoms with E-state index in [0.717, 1.165) is 17.0 Å². The van der Waals surface area contributed by atoms with Crippen LogP contribution >= 0.6 is 0 Å². The number of azo groups is 1. The third-order valence-corrected chi connectivity index (χ3v) is 3.77. The van der Waals surface area contributed by atoms with E-state index in [9.17, 15) is 0 Å². The first-order valence-electron chi connectivity index (χ1n) is 7.54. The number of para-hydroxylation sites is 2. The molecule has 118 valence electrons. The van der Waals surface area contributed by atoms with Gasteiger partial charge in [-0.3, -0.25) is 4.90 Å². The lowest BCUT2D eigenvalue weighted by molar-refractivity contribution is 0.416. The van der Waals surface area contributed by atoms with Crippen LogP contribution in [0.2, 0.25) is 0 Å². The van der Waals surface area contributed by atoms with Crippen molar-refractivity contribution in [2.45, 2.75) is 6.92 Å². The van der Waals surface area contributed by atoms with E-state index in [1.54, 1.807) is 13.3 Å². The molecule has 1 aliphatic heterocycles. The number of hydrogen-bond acceptors (Lipinski definition) is 6. The zero-order valence-corrected chi connectivity index (χ0v) is 13.3. The van der Waals surface area contributed by atoms with E-state index in [1.165, 1.54) is 0 Å². The second-order valence-electron chi connectivity index (χ2n) is 5.41. The van der Waals surface area contributed by atoms with Gasteiger partial charge in [-0.1, -0.05) is 12.1 Å². The number of rotatable bonds is 2. The van der Waals surface area contributed by atoms with Crippen molar-refractivity contribution in [3.05, 3.63) is 60.4 Å². The van der Waals surface area contributed by atoms with E-state index in [4.69, 9.17) is 4.74 Å². The lowest BCUT2D eigenvalue weighted by Crippen LogP contribution is -2.14. The van der Waals surface area contributed by atoms with Crippen molar-refractivity contribution < 1.29 is 4.74 Å². The van der Waals surface area contributed by atoms with Crippen molar-refractivity contribution in [3.63, 3.8) is 0 Å². The van der Waals surface area contributed by atoms with E-state index < -0.39 is 0 Å². The molecule has 0 aliphatic carbocycles. The van der Waals surface area contributed by atoms with Crippen LogP contribution in [0.5, 0.6) is 5.75 Å². The van der Waals surface area contributed by atoms with E-state index in [0.29, 0.717) is 23.0 Å². The standard InChI is InChI=1S/C18H15N5O/c1-12-10-14-18(20-11-12)23(15-7-3-4-8-16(15)24-2)17-13(21-22-14)6-5-9-19-17/h3-11H,1-2H3. The highest BCUT2D eigenvalue weighted by molar-refractivity contribution is 5.87. The summed E-state index contributed by atoms with van der Waals surface area (Å²) in [5.74, 6) is 2.07. The number of pyridine rings is 2. The Hall–Kier alpha value is -3.28. The number of aryl methyl sites for hydroxylation is 1. The maximum absolute atomic E-state index is 5.53.